The molecule has 2 bridgehead atoms. The molecule has 2 aromatic carbocycles. The summed E-state index contributed by atoms with van der Waals surface area (Å²) >= 11 is 0. The summed E-state index contributed by atoms with van der Waals surface area (Å²) in [6.07, 6.45) is 8.96. The highest BCUT2D eigenvalue weighted by Crippen LogP contribution is 2.51. The second kappa shape index (κ2) is 16.6. The Balaban J connectivity index is 1.000. The monoisotopic (exact) mass is 806 g/mol. The van der Waals surface area contributed by atoms with Gasteiger partial charge >= 0.3 is 12.2 Å². The van der Waals surface area contributed by atoms with Gasteiger partial charge in [0.25, 0.3) is 0 Å². The first-order valence-electron chi connectivity index (χ1n) is 20.7. The third-order valence-corrected chi connectivity index (χ3v) is 12.9. The highest BCUT2D eigenvalue weighted by atomic mass is 16.6. The molecule has 2 aliphatic heterocycles. The van der Waals surface area contributed by atoms with Crippen LogP contribution >= 0.6 is 0 Å². The molecule has 4 heterocycles. The third-order valence-electron chi connectivity index (χ3n) is 12.9. The molecule has 0 radical (unpaired) electrons. The van der Waals surface area contributed by atoms with E-state index in [9.17, 15) is 19.2 Å². The van der Waals surface area contributed by atoms with Crippen molar-refractivity contribution in [2.45, 2.75) is 102 Å². The molecule has 15 nitrogen and oxygen atoms in total. The number of aromatic nitrogens is 4. The molecule has 3 amide bonds. The molecule has 3 N–H and O–H groups in total. The van der Waals surface area contributed by atoms with Gasteiger partial charge in [-0.15, -0.1) is 0 Å². The van der Waals surface area contributed by atoms with Gasteiger partial charge in [-0.05, 0) is 109 Å². The lowest BCUT2D eigenvalue weighted by molar-refractivity contribution is -0.141. The van der Waals surface area contributed by atoms with Gasteiger partial charge in [0, 0.05) is 19.7 Å². The number of carbonyl (C=O) groups is 4. The minimum Gasteiger partial charge on any atom is -0.453 e. The summed E-state index contributed by atoms with van der Waals surface area (Å²) in [5, 5.41) is 6.18. The fourth-order valence-corrected chi connectivity index (χ4v) is 9.80. The van der Waals surface area contributed by atoms with Gasteiger partial charge in [0.1, 0.15) is 30.0 Å². The number of ether oxygens (including phenoxy) is 3. The predicted octanol–water partition coefficient (Wildman–Crippen LogP) is 6.39. The summed E-state index contributed by atoms with van der Waals surface area (Å²) in [4.78, 5) is 69.8. The number of aldehydes is 1. The van der Waals surface area contributed by atoms with Crippen LogP contribution in [0.5, 0.6) is 0 Å². The number of H-pyrrole nitrogens is 2. The van der Waals surface area contributed by atoms with Crippen molar-refractivity contribution in [3.63, 3.8) is 0 Å². The number of hydrazine groups is 1. The van der Waals surface area contributed by atoms with Crippen molar-refractivity contribution >= 4 is 24.4 Å². The molecular formula is C44H54N8O7. The van der Waals surface area contributed by atoms with E-state index in [4.69, 9.17) is 24.2 Å². The number of amides is 3. The van der Waals surface area contributed by atoms with Gasteiger partial charge in [-0.2, -0.15) is 0 Å². The van der Waals surface area contributed by atoms with E-state index in [2.05, 4.69) is 51.7 Å². The van der Waals surface area contributed by atoms with E-state index in [0.717, 1.165) is 85.4 Å². The Kier molecular flexibility index (Phi) is 11.3. The molecular weight excluding hydrogens is 753 g/mol. The first kappa shape index (κ1) is 40.2. The second-order valence-corrected chi connectivity index (χ2v) is 16.6. The standard InChI is InChI=1S/C44H54N8O7/c1-24(2)38(49-43(55)58-5)42(54)50-17-7-8-36(50)40-45-21-34(47-40)28-12-15-32-26(18-28)9-10-27-19-29(13-16-33(27)32)35-22-46-41(48-35)39-30-11-14-31(20-30)51(39)52(44(56)59-6)37(23-53)25(3)57-4/h12-13,15-16,18-19,21-25,30-31,36-39H,7-11,14,17,20H2,1-6H3,(H,45,47)(H,46,48)(H,49,55)/t25-,30+,31-,36?,37?,38?,39+/m1/s1. The number of carbonyl (C=O) groups excluding carboxylic acids is 4. The number of alkyl carbamates (subject to hydrolysis) is 1. The molecule has 4 aromatic rings. The van der Waals surface area contributed by atoms with E-state index in [1.807, 2.05) is 36.1 Å². The Labute approximate surface area is 344 Å². The number of nitrogens with one attached hydrogen (secondary N) is 3. The highest BCUT2D eigenvalue weighted by molar-refractivity contribution is 5.86. The van der Waals surface area contributed by atoms with Crippen molar-refractivity contribution in [1.82, 2.24) is 40.2 Å². The van der Waals surface area contributed by atoms with Gasteiger partial charge in [0.15, 0.2) is 0 Å². The average molecular weight is 807 g/mol. The smallest absolute Gasteiger partial charge is 0.424 e. The number of rotatable bonds is 12. The van der Waals surface area contributed by atoms with Crippen LogP contribution in [0, 0.1) is 11.8 Å². The van der Waals surface area contributed by atoms with Crippen LogP contribution in [-0.4, -0.2) is 111 Å². The highest BCUT2D eigenvalue weighted by Gasteiger charge is 2.53. The number of imidazole rings is 2. The van der Waals surface area contributed by atoms with Crippen molar-refractivity contribution in [1.29, 1.82) is 0 Å². The van der Waals surface area contributed by atoms with E-state index in [-0.39, 0.29) is 35.9 Å². The maximum Gasteiger partial charge on any atom is 0.424 e. The molecule has 7 atom stereocenters. The average Bonchev–Trinajstić information content (AvgIpc) is 4.12. The van der Waals surface area contributed by atoms with Gasteiger partial charge < -0.3 is 39.2 Å². The minimum absolute atomic E-state index is 0.0815. The van der Waals surface area contributed by atoms with E-state index in [1.165, 1.54) is 48.6 Å². The summed E-state index contributed by atoms with van der Waals surface area (Å²) in [7, 11) is 4.16. The quantitative estimate of drug-likeness (QED) is 0.136. The summed E-state index contributed by atoms with van der Waals surface area (Å²) in [5.41, 5.74) is 8.78. The molecule has 0 spiro atoms. The number of hydrogen-bond donors (Lipinski definition) is 3. The first-order chi connectivity index (χ1) is 28.5. The molecule has 1 saturated carbocycles. The van der Waals surface area contributed by atoms with Crippen molar-refractivity contribution in [3.05, 3.63) is 71.6 Å². The van der Waals surface area contributed by atoms with E-state index in [0.29, 0.717) is 6.54 Å². The first-order valence-corrected chi connectivity index (χ1v) is 20.7. The van der Waals surface area contributed by atoms with Crippen LogP contribution in [0.15, 0.2) is 48.8 Å². The van der Waals surface area contributed by atoms with Crippen LogP contribution in [0.2, 0.25) is 0 Å². The van der Waals surface area contributed by atoms with Crippen molar-refractivity contribution in [3.8, 4) is 33.6 Å². The molecule has 2 aliphatic carbocycles. The number of aromatic amines is 2. The Hall–Kier alpha value is -5.54. The fraction of sp³-hybridized carbons (Fsp3) is 0.500. The van der Waals surface area contributed by atoms with Crippen molar-refractivity contribution in [2.24, 2.45) is 11.8 Å². The number of piperidine rings is 1. The summed E-state index contributed by atoms with van der Waals surface area (Å²) in [5.74, 6) is 1.53. The lowest BCUT2D eigenvalue weighted by Gasteiger charge is -2.44. The zero-order valence-corrected chi connectivity index (χ0v) is 34.6. The SMILES string of the molecule is COC(=O)NC(C(=O)N1CCCC1c1ncc(-c2ccc3c(c2)CCc2cc(-c4cnc([C@@H]5[C@H]6CC[C@H](C6)N5N(C(=O)OC)C(C=O)[C@@H](C)OC)[nH]4)ccc2-3)[nH]1)C(C)C. The maximum absolute atomic E-state index is 13.6. The Bertz CT molecular complexity index is 2220. The van der Waals surface area contributed by atoms with Gasteiger partial charge in [-0.1, -0.05) is 38.1 Å². The fourth-order valence-electron chi connectivity index (χ4n) is 9.80. The number of nitrogens with zero attached hydrogens (tertiary/aromatic N) is 5. The van der Waals surface area contributed by atoms with Crippen molar-refractivity contribution < 1.29 is 33.4 Å². The van der Waals surface area contributed by atoms with E-state index < -0.39 is 30.4 Å². The molecule has 2 aromatic heterocycles. The van der Waals surface area contributed by atoms with Crippen LogP contribution in [0.25, 0.3) is 33.6 Å². The van der Waals surface area contributed by atoms with Gasteiger partial charge in [-0.25, -0.2) is 29.6 Å². The molecule has 3 fully saturated rings. The third kappa shape index (κ3) is 7.39. The topological polar surface area (TPSA) is 175 Å². The Morgan fingerprint density at radius 2 is 1.53 bits per heavy atom. The van der Waals surface area contributed by atoms with Crippen LogP contribution in [0.3, 0.4) is 0 Å². The number of aryl methyl sites for hydroxylation is 2. The predicted molar refractivity (Wildman–Crippen MR) is 219 cm³/mol. The number of hydrogen-bond acceptors (Lipinski definition) is 10. The van der Waals surface area contributed by atoms with Crippen LogP contribution in [-0.2, 0) is 36.6 Å². The Morgan fingerprint density at radius 3 is 2.12 bits per heavy atom. The van der Waals surface area contributed by atoms with Crippen LogP contribution < -0.4 is 5.32 Å². The van der Waals surface area contributed by atoms with E-state index in [1.54, 1.807) is 6.92 Å². The molecule has 15 heteroatoms. The summed E-state index contributed by atoms with van der Waals surface area (Å²) in [6.45, 7) is 6.19. The zero-order valence-electron chi connectivity index (χ0n) is 34.6. The molecule has 59 heavy (non-hydrogen) atoms. The number of methoxy groups -OCH3 is 3. The maximum atomic E-state index is 13.6. The van der Waals surface area contributed by atoms with Crippen LogP contribution in [0.1, 0.15) is 87.7 Å². The second-order valence-electron chi connectivity index (χ2n) is 16.6. The van der Waals surface area contributed by atoms with E-state index >= 15 is 0 Å². The number of benzene rings is 2. The largest absolute Gasteiger partial charge is 0.453 e. The molecule has 312 valence electrons. The zero-order chi connectivity index (χ0) is 41.5. The van der Waals surface area contributed by atoms with Crippen molar-refractivity contribution in [2.75, 3.05) is 27.9 Å². The lowest BCUT2D eigenvalue weighted by Crippen LogP contribution is -2.59. The van der Waals surface area contributed by atoms with Crippen LogP contribution in [0.4, 0.5) is 9.59 Å². The number of fused-ring (bicyclic) bond motifs is 5. The molecule has 2 saturated heterocycles. The normalized spacial score (nSPS) is 22.4. The minimum atomic E-state index is -0.845. The van der Waals surface area contributed by atoms with Gasteiger partial charge in [-0.3, -0.25) is 4.79 Å². The summed E-state index contributed by atoms with van der Waals surface area (Å²) < 4.78 is 15.5. The summed E-state index contributed by atoms with van der Waals surface area (Å²) in [6, 6.07) is 11.2. The Morgan fingerprint density at radius 1 is 0.881 bits per heavy atom. The van der Waals surface area contributed by atoms with Gasteiger partial charge in [0.2, 0.25) is 5.91 Å². The van der Waals surface area contributed by atoms with Gasteiger partial charge in [0.05, 0.1) is 56.2 Å². The lowest BCUT2D eigenvalue weighted by atomic mass is 9.83. The molecule has 3 unspecified atom stereocenters. The molecule has 4 aliphatic rings. The number of likely N-dealkylation sites (tertiary alicyclic amines) is 1. The molecule has 8 rings (SSSR count).